The van der Waals surface area contributed by atoms with E-state index < -0.39 is 0 Å². The van der Waals surface area contributed by atoms with E-state index in [0.717, 1.165) is 15.6 Å². The summed E-state index contributed by atoms with van der Waals surface area (Å²) in [5.74, 6) is 1.02. The molecule has 0 spiro atoms. The van der Waals surface area contributed by atoms with E-state index in [-0.39, 0.29) is 0 Å². The maximum Gasteiger partial charge on any atom is 0.261 e. The van der Waals surface area contributed by atoms with Gasteiger partial charge in [-0.1, -0.05) is 21.1 Å². The first-order valence-corrected chi connectivity index (χ1v) is 5.74. The molecule has 0 aliphatic rings. The third-order valence-corrected chi connectivity index (χ3v) is 2.83. The summed E-state index contributed by atoms with van der Waals surface area (Å²) in [5.41, 5.74) is 1.69. The molecular weight excluding hydrogens is 284 g/mol. The molecule has 3 rings (SSSR count). The summed E-state index contributed by atoms with van der Waals surface area (Å²) in [7, 11) is 0. The van der Waals surface area contributed by atoms with Gasteiger partial charge in [-0.05, 0) is 30.3 Å². The first kappa shape index (κ1) is 10.3. The van der Waals surface area contributed by atoms with Crippen LogP contribution in [0.5, 0.6) is 0 Å². The maximum absolute atomic E-state index is 5.16. The number of halogens is 1. The van der Waals surface area contributed by atoms with Gasteiger partial charge in [0.05, 0.1) is 11.8 Å². The van der Waals surface area contributed by atoms with Gasteiger partial charge in [0.2, 0.25) is 5.82 Å². The number of nitrogens with zero attached hydrogens (tertiary/aromatic N) is 2. The van der Waals surface area contributed by atoms with Crippen LogP contribution in [0, 0.1) is 0 Å². The lowest BCUT2D eigenvalue weighted by Crippen LogP contribution is -1.80. The van der Waals surface area contributed by atoms with Crippen molar-refractivity contribution in [3.63, 3.8) is 0 Å². The topological polar surface area (TPSA) is 52.1 Å². The van der Waals surface area contributed by atoms with Crippen LogP contribution in [-0.2, 0) is 0 Å². The molecule has 0 radical (unpaired) electrons. The van der Waals surface area contributed by atoms with Crippen LogP contribution in [0.1, 0.15) is 0 Å². The molecular formula is C12H7BrN2O2. The average Bonchev–Trinajstić information content (AvgIpc) is 3.00. The highest BCUT2D eigenvalue weighted by molar-refractivity contribution is 9.10. The molecule has 4 nitrogen and oxygen atoms in total. The van der Waals surface area contributed by atoms with Gasteiger partial charge in [-0.15, -0.1) is 0 Å². The smallest absolute Gasteiger partial charge is 0.261 e. The highest BCUT2D eigenvalue weighted by atomic mass is 79.9. The molecule has 2 aromatic heterocycles. The lowest BCUT2D eigenvalue weighted by molar-refractivity contribution is 0.431. The van der Waals surface area contributed by atoms with E-state index >= 15 is 0 Å². The summed E-state index contributed by atoms with van der Waals surface area (Å²) in [6, 6.07) is 9.49. The number of aromatic nitrogens is 2. The van der Waals surface area contributed by atoms with Crippen molar-refractivity contribution in [1.29, 1.82) is 0 Å². The second-order valence-corrected chi connectivity index (χ2v) is 4.36. The van der Waals surface area contributed by atoms with Crippen LogP contribution in [0.15, 0.2) is 56.3 Å². The Hall–Kier alpha value is -1.88. The summed E-state index contributed by atoms with van der Waals surface area (Å²) in [6.45, 7) is 0. The fourth-order valence-corrected chi connectivity index (χ4v) is 1.71. The standard InChI is InChI=1S/C12H7BrN2O2/c13-10-3-1-8(2-4-10)11-14-12(17-15-11)9-5-6-16-7-9/h1-7H. The molecule has 0 bridgehead atoms. The van der Waals surface area contributed by atoms with Crippen LogP contribution in [-0.4, -0.2) is 10.1 Å². The molecule has 0 N–H and O–H groups in total. The molecule has 17 heavy (non-hydrogen) atoms. The van der Waals surface area contributed by atoms with E-state index in [1.165, 1.54) is 0 Å². The van der Waals surface area contributed by atoms with Gasteiger partial charge in [-0.3, -0.25) is 0 Å². The normalized spacial score (nSPS) is 10.6. The van der Waals surface area contributed by atoms with Crippen molar-refractivity contribution >= 4 is 15.9 Å². The number of benzene rings is 1. The zero-order valence-corrected chi connectivity index (χ0v) is 10.2. The van der Waals surface area contributed by atoms with Crippen LogP contribution >= 0.6 is 15.9 Å². The Morgan fingerprint density at radius 1 is 1.00 bits per heavy atom. The third kappa shape index (κ3) is 2.01. The molecule has 0 atom stereocenters. The van der Waals surface area contributed by atoms with Crippen LogP contribution in [0.3, 0.4) is 0 Å². The highest BCUT2D eigenvalue weighted by Gasteiger charge is 2.10. The largest absolute Gasteiger partial charge is 0.472 e. The first-order chi connectivity index (χ1) is 8.33. The van der Waals surface area contributed by atoms with Crippen molar-refractivity contribution in [2.24, 2.45) is 0 Å². The molecule has 5 heteroatoms. The molecule has 0 amide bonds. The van der Waals surface area contributed by atoms with Gasteiger partial charge in [0.1, 0.15) is 6.26 Å². The number of furan rings is 1. The van der Waals surface area contributed by atoms with Gasteiger partial charge in [0.25, 0.3) is 5.89 Å². The summed E-state index contributed by atoms with van der Waals surface area (Å²) in [5, 5.41) is 3.93. The molecule has 0 fully saturated rings. The van der Waals surface area contributed by atoms with E-state index in [4.69, 9.17) is 8.94 Å². The second kappa shape index (κ2) is 4.18. The van der Waals surface area contributed by atoms with Crippen LogP contribution in [0.25, 0.3) is 22.8 Å². The minimum Gasteiger partial charge on any atom is -0.472 e. The van der Waals surface area contributed by atoms with Gasteiger partial charge < -0.3 is 8.94 Å². The zero-order chi connectivity index (χ0) is 11.7. The molecule has 2 heterocycles. The van der Waals surface area contributed by atoms with Crippen LogP contribution in [0.4, 0.5) is 0 Å². The molecule has 0 unspecified atom stereocenters. The van der Waals surface area contributed by atoms with Crippen molar-refractivity contribution < 1.29 is 8.94 Å². The monoisotopic (exact) mass is 290 g/mol. The predicted octanol–water partition coefficient (Wildman–Crippen LogP) is 3.76. The van der Waals surface area contributed by atoms with Crippen molar-refractivity contribution in [2.75, 3.05) is 0 Å². The highest BCUT2D eigenvalue weighted by Crippen LogP contribution is 2.23. The second-order valence-electron chi connectivity index (χ2n) is 3.44. The Morgan fingerprint density at radius 2 is 1.82 bits per heavy atom. The fraction of sp³-hybridized carbons (Fsp3) is 0. The molecule has 84 valence electrons. The number of hydrogen-bond acceptors (Lipinski definition) is 4. The predicted molar refractivity (Wildman–Crippen MR) is 65.1 cm³/mol. The van der Waals surface area contributed by atoms with Crippen molar-refractivity contribution in [1.82, 2.24) is 10.1 Å². The lowest BCUT2D eigenvalue weighted by Gasteiger charge is -1.93. The third-order valence-electron chi connectivity index (χ3n) is 2.30. The Morgan fingerprint density at radius 3 is 2.53 bits per heavy atom. The van der Waals surface area contributed by atoms with Crippen molar-refractivity contribution in [2.45, 2.75) is 0 Å². The Bertz CT molecular complexity index is 614. The van der Waals surface area contributed by atoms with Gasteiger partial charge in [0, 0.05) is 10.0 Å². The molecule has 0 saturated carbocycles. The summed E-state index contributed by atoms with van der Waals surface area (Å²) in [6.07, 6.45) is 3.14. The zero-order valence-electron chi connectivity index (χ0n) is 8.63. The minimum atomic E-state index is 0.455. The van der Waals surface area contributed by atoms with Gasteiger partial charge in [0.15, 0.2) is 0 Å². The van der Waals surface area contributed by atoms with Gasteiger partial charge >= 0.3 is 0 Å². The number of hydrogen-bond donors (Lipinski definition) is 0. The van der Waals surface area contributed by atoms with Crippen LogP contribution in [0.2, 0.25) is 0 Å². The van der Waals surface area contributed by atoms with E-state index in [9.17, 15) is 0 Å². The maximum atomic E-state index is 5.16. The van der Waals surface area contributed by atoms with E-state index in [1.807, 2.05) is 24.3 Å². The molecule has 1 aromatic carbocycles. The van der Waals surface area contributed by atoms with Gasteiger partial charge in [-0.2, -0.15) is 4.98 Å². The minimum absolute atomic E-state index is 0.455. The Balaban J connectivity index is 1.98. The van der Waals surface area contributed by atoms with Crippen LogP contribution < -0.4 is 0 Å². The molecule has 0 saturated heterocycles. The van der Waals surface area contributed by atoms with E-state index in [0.29, 0.717) is 11.7 Å². The summed E-state index contributed by atoms with van der Waals surface area (Å²) in [4.78, 5) is 4.30. The summed E-state index contributed by atoms with van der Waals surface area (Å²) < 4.78 is 11.1. The first-order valence-electron chi connectivity index (χ1n) is 4.95. The SMILES string of the molecule is Brc1ccc(-c2noc(-c3ccoc3)n2)cc1. The fourth-order valence-electron chi connectivity index (χ4n) is 1.44. The Kier molecular flexibility index (Phi) is 2.53. The van der Waals surface area contributed by atoms with E-state index in [2.05, 4.69) is 26.1 Å². The quantitative estimate of drug-likeness (QED) is 0.721. The molecule has 3 aromatic rings. The summed E-state index contributed by atoms with van der Waals surface area (Å²) >= 11 is 3.38. The van der Waals surface area contributed by atoms with Gasteiger partial charge in [-0.25, -0.2) is 0 Å². The molecule has 0 aliphatic heterocycles. The van der Waals surface area contributed by atoms with Crippen molar-refractivity contribution in [3.05, 3.63) is 47.3 Å². The average molecular weight is 291 g/mol. The van der Waals surface area contributed by atoms with Crippen molar-refractivity contribution in [3.8, 4) is 22.8 Å². The van der Waals surface area contributed by atoms with E-state index in [1.54, 1.807) is 18.6 Å². The number of rotatable bonds is 2. The molecule has 0 aliphatic carbocycles. The lowest BCUT2D eigenvalue weighted by atomic mass is 10.2. The Labute approximate surface area is 105 Å².